The molecular formula is C13H18N2O3. The smallest absolute Gasteiger partial charge is 0.264 e. The summed E-state index contributed by atoms with van der Waals surface area (Å²) in [6.07, 6.45) is 1.56. The highest BCUT2D eigenvalue weighted by molar-refractivity contribution is 6.09. The van der Waals surface area contributed by atoms with Crippen LogP contribution in [-0.4, -0.2) is 28.8 Å². The maximum atomic E-state index is 12.4. The van der Waals surface area contributed by atoms with Gasteiger partial charge in [-0.2, -0.15) is 0 Å². The summed E-state index contributed by atoms with van der Waals surface area (Å²) in [6, 6.07) is 1.61. The Morgan fingerprint density at radius 3 is 2.72 bits per heavy atom. The lowest BCUT2D eigenvalue weighted by atomic mass is 9.84. The lowest BCUT2D eigenvalue weighted by Crippen LogP contribution is -2.61. The van der Waals surface area contributed by atoms with Crippen LogP contribution >= 0.6 is 0 Å². The molecular weight excluding hydrogens is 232 g/mol. The number of rotatable bonds is 3. The second-order valence-corrected chi connectivity index (χ2v) is 5.18. The molecule has 1 aliphatic rings. The van der Waals surface area contributed by atoms with Crippen molar-refractivity contribution in [2.24, 2.45) is 11.7 Å². The number of hydrogen-bond donors (Lipinski definition) is 1. The van der Waals surface area contributed by atoms with Gasteiger partial charge in [0.15, 0.2) is 0 Å². The van der Waals surface area contributed by atoms with Crippen LogP contribution in [0.1, 0.15) is 36.9 Å². The monoisotopic (exact) mass is 250 g/mol. The van der Waals surface area contributed by atoms with Gasteiger partial charge in [0.25, 0.3) is 5.91 Å². The summed E-state index contributed by atoms with van der Waals surface area (Å²) in [4.78, 5) is 25.9. The third kappa shape index (κ3) is 1.66. The van der Waals surface area contributed by atoms with Crippen molar-refractivity contribution >= 4 is 11.8 Å². The van der Waals surface area contributed by atoms with E-state index in [0.717, 1.165) is 0 Å². The number of nitrogens with two attached hydrogens (primary N) is 1. The van der Waals surface area contributed by atoms with Crippen molar-refractivity contribution in [1.82, 2.24) is 4.90 Å². The Labute approximate surface area is 106 Å². The molecule has 2 heterocycles. The Hall–Kier alpha value is -1.62. The zero-order valence-corrected chi connectivity index (χ0v) is 10.9. The number of furan rings is 1. The van der Waals surface area contributed by atoms with Gasteiger partial charge in [0.1, 0.15) is 5.76 Å². The molecule has 0 radical (unpaired) electrons. The van der Waals surface area contributed by atoms with Gasteiger partial charge in [0.2, 0.25) is 5.91 Å². The van der Waals surface area contributed by atoms with Gasteiger partial charge in [0.05, 0.1) is 23.8 Å². The summed E-state index contributed by atoms with van der Waals surface area (Å²) in [5, 5.41) is 0. The third-order valence-corrected chi connectivity index (χ3v) is 3.91. The molecule has 5 heteroatoms. The minimum atomic E-state index is -0.664. The van der Waals surface area contributed by atoms with Crippen molar-refractivity contribution in [3.63, 3.8) is 0 Å². The standard InChI is InChI=1S/C13H18N2O3/c1-8(2)13(3,7-14)15-11(16)6-10-9(12(15)17)4-5-18-10/h4-5,8H,6-7,14H2,1-3H3. The normalized spacial score (nSPS) is 19.1. The summed E-state index contributed by atoms with van der Waals surface area (Å²) >= 11 is 0. The van der Waals surface area contributed by atoms with Crippen LogP contribution in [0.4, 0.5) is 0 Å². The van der Waals surface area contributed by atoms with E-state index in [2.05, 4.69) is 0 Å². The van der Waals surface area contributed by atoms with Crippen LogP contribution in [0.5, 0.6) is 0 Å². The molecule has 0 saturated carbocycles. The third-order valence-electron chi connectivity index (χ3n) is 3.91. The first-order chi connectivity index (χ1) is 8.41. The minimum Gasteiger partial charge on any atom is -0.468 e. The average molecular weight is 250 g/mol. The van der Waals surface area contributed by atoms with Gasteiger partial charge in [-0.05, 0) is 18.9 Å². The van der Waals surface area contributed by atoms with E-state index in [1.165, 1.54) is 11.2 Å². The highest BCUT2D eigenvalue weighted by Crippen LogP contribution is 2.31. The second kappa shape index (κ2) is 4.24. The van der Waals surface area contributed by atoms with Gasteiger partial charge in [-0.15, -0.1) is 0 Å². The highest BCUT2D eigenvalue weighted by atomic mass is 16.3. The molecule has 1 aromatic rings. The van der Waals surface area contributed by atoms with Gasteiger partial charge in [-0.25, -0.2) is 0 Å². The predicted octanol–water partition coefficient (Wildman–Crippen LogP) is 1.18. The van der Waals surface area contributed by atoms with E-state index in [4.69, 9.17) is 10.2 Å². The summed E-state index contributed by atoms with van der Waals surface area (Å²) in [6.45, 7) is 6.00. The van der Waals surface area contributed by atoms with Gasteiger partial charge in [-0.3, -0.25) is 14.5 Å². The van der Waals surface area contributed by atoms with E-state index in [9.17, 15) is 9.59 Å². The van der Waals surface area contributed by atoms with Crippen LogP contribution in [0.3, 0.4) is 0 Å². The van der Waals surface area contributed by atoms with Crippen molar-refractivity contribution in [1.29, 1.82) is 0 Å². The SMILES string of the molecule is CC(C)C(C)(CN)N1C(=O)Cc2occc2C1=O. The van der Waals surface area contributed by atoms with Gasteiger partial charge >= 0.3 is 0 Å². The zero-order chi connectivity index (χ0) is 13.5. The Morgan fingerprint density at radius 2 is 2.17 bits per heavy atom. The first-order valence-corrected chi connectivity index (χ1v) is 6.05. The fourth-order valence-electron chi connectivity index (χ4n) is 2.22. The lowest BCUT2D eigenvalue weighted by Gasteiger charge is -2.43. The van der Waals surface area contributed by atoms with E-state index in [-0.39, 0.29) is 30.7 Å². The largest absolute Gasteiger partial charge is 0.468 e. The molecule has 0 aromatic carbocycles. The van der Waals surface area contributed by atoms with E-state index >= 15 is 0 Å². The van der Waals surface area contributed by atoms with Crippen molar-refractivity contribution in [2.75, 3.05) is 6.54 Å². The first kappa shape index (κ1) is 12.8. The number of hydrogen-bond acceptors (Lipinski definition) is 4. The fourth-order valence-corrected chi connectivity index (χ4v) is 2.22. The fraction of sp³-hybridized carbons (Fsp3) is 0.538. The summed E-state index contributed by atoms with van der Waals surface area (Å²) in [5.41, 5.74) is 5.59. The Balaban J connectivity index is 2.47. The van der Waals surface area contributed by atoms with E-state index < -0.39 is 5.54 Å². The van der Waals surface area contributed by atoms with Gasteiger partial charge in [-0.1, -0.05) is 13.8 Å². The maximum absolute atomic E-state index is 12.4. The molecule has 1 unspecified atom stereocenters. The van der Waals surface area contributed by atoms with Crippen molar-refractivity contribution < 1.29 is 14.0 Å². The Kier molecular flexibility index (Phi) is 3.02. The number of nitrogens with zero attached hydrogens (tertiary/aromatic N) is 1. The average Bonchev–Trinajstić information content (AvgIpc) is 2.76. The zero-order valence-electron chi connectivity index (χ0n) is 10.9. The number of imide groups is 1. The van der Waals surface area contributed by atoms with Gasteiger partial charge in [0, 0.05) is 6.54 Å². The molecule has 2 rings (SSSR count). The maximum Gasteiger partial charge on any atom is 0.264 e. The van der Waals surface area contributed by atoms with Crippen LogP contribution in [0.2, 0.25) is 0 Å². The second-order valence-electron chi connectivity index (χ2n) is 5.18. The van der Waals surface area contributed by atoms with Crippen LogP contribution in [-0.2, 0) is 11.2 Å². The van der Waals surface area contributed by atoms with Gasteiger partial charge < -0.3 is 10.2 Å². The summed E-state index contributed by atoms with van der Waals surface area (Å²) in [5.74, 6) is -0.0195. The van der Waals surface area contributed by atoms with Crippen LogP contribution in [0.15, 0.2) is 16.7 Å². The van der Waals surface area contributed by atoms with E-state index in [1.54, 1.807) is 6.07 Å². The Bertz CT molecular complexity index is 492. The number of carbonyl (C=O) groups is 2. The van der Waals surface area contributed by atoms with Crippen LogP contribution in [0, 0.1) is 5.92 Å². The molecule has 1 aromatic heterocycles. The number of fused-ring (bicyclic) bond motifs is 1. The van der Waals surface area contributed by atoms with E-state index in [0.29, 0.717) is 11.3 Å². The molecule has 0 aliphatic carbocycles. The van der Waals surface area contributed by atoms with Crippen molar-refractivity contribution in [2.45, 2.75) is 32.7 Å². The molecule has 0 bridgehead atoms. The molecule has 18 heavy (non-hydrogen) atoms. The van der Waals surface area contributed by atoms with Crippen LogP contribution in [0.25, 0.3) is 0 Å². The molecule has 0 spiro atoms. The quantitative estimate of drug-likeness (QED) is 0.817. The summed E-state index contributed by atoms with van der Waals surface area (Å²) in [7, 11) is 0. The summed E-state index contributed by atoms with van der Waals surface area (Å²) < 4.78 is 5.15. The topological polar surface area (TPSA) is 76.5 Å². The predicted molar refractivity (Wildman–Crippen MR) is 65.9 cm³/mol. The minimum absolute atomic E-state index is 0.0869. The molecule has 2 amide bonds. The highest BCUT2D eigenvalue weighted by Gasteiger charge is 2.45. The first-order valence-electron chi connectivity index (χ1n) is 6.05. The molecule has 0 saturated heterocycles. The Morgan fingerprint density at radius 1 is 1.50 bits per heavy atom. The van der Waals surface area contributed by atoms with Crippen LogP contribution < -0.4 is 5.73 Å². The number of carbonyl (C=O) groups excluding carboxylic acids is 2. The van der Waals surface area contributed by atoms with E-state index in [1.807, 2.05) is 20.8 Å². The number of amides is 2. The lowest BCUT2D eigenvalue weighted by molar-refractivity contribution is -0.134. The molecule has 1 atom stereocenters. The molecule has 98 valence electrons. The molecule has 1 aliphatic heterocycles. The molecule has 0 fully saturated rings. The van der Waals surface area contributed by atoms with Crippen molar-refractivity contribution in [3.8, 4) is 0 Å². The van der Waals surface area contributed by atoms with Crippen molar-refractivity contribution in [3.05, 3.63) is 23.7 Å². The molecule has 5 nitrogen and oxygen atoms in total. The molecule has 2 N–H and O–H groups in total.